The summed E-state index contributed by atoms with van der Waals surface area (Å²) in [5, 5.41) is 2.65. The maximum absolute atomic E-state index is 13.8. The third-order valence-corrected chi connectivity index (χ3v) is 3.98. The lowest BCUT2D eigenvalue weighted by Crippen LogP contribution is -1.98. The third kappa shape index (κ3) is 2.92. The minimum atomic E-state index is -0.605. The van der Waals surface area contributed by atoms with E-state index in [1.165, 1.54) is 11.3 Å². The summed E-state index contributed by atoms with van der Waals surface area (Å²) in [6.07, 6.45) is 0.251. The van der Waals surface area contributed by atoms with Crippen LogP contribution in [-0.2, 0) is 6.42 Å². The SMILES string of the molecule is Nc1cc(F)c(Cc2nc(-c3ccccc3)cs2)cc1F. The number of anilines is 1. The van der Waals surface area contributed by atoms with Crippen LogP contribution in [0, 0.1) is 11.6 Å². The summed E-state index contributed by atoms with van der Waals surface area (Å²) in [7, 11) is 0. The van der Waals surface area contributed by atoms with E-state index in [2.05, 4.69) is 4.98 Å². The Bertz CT molecular complexity index is 769. The molecule has 1 heterocycles. The lowest BCUT2D eigenvalue weighted by Gasteiger charge is -2.03. The molecule has 0 aliphatic carbocycles. The molecule has 0 unspecified atom stereocenters. The van der Waals surface area contributed by atoms with Crippen LogP contribution >= 0.6 is 11.3 Å². The van der Waals surface area contributed by atoms with Crippen molar-refractivity contribution in [3.8, 4) is 11.3 Å². The standard InChI is InChI=1S/C16H12F2N2S/c17-12-8-14(19)13(18)6-11(12)7-16-20-15(9-21-16)10-4-2-1-3-5-10/h1-6,8-9H,7,19H2. The molecule has 0 bridgehead atoms. The van der Waals surface area contributed by atoms with Gasteiger partial charge in [-0.2, -0.15) is 0 Å². The molecule has 0 spiro atoms. The van der Waals surface area contributed by atoms with Crippen LogP contribution in [0.1, 0.15) is 10.6 Å². The van der Waals surface area contributed by atoms with Gasteiger partial charge < -0.3 is 5.73 Å². The topological polar surface area (TPSA) is 38.9 Å². The van der Waals surface area contributed by atoms with Gasteiger partial charge in [-0.25, -0.2) is 13.8 Å². The molecule has 0 saturated carbocycles. The molecule has 3 aromatic rings. The van der Waals surface area contributed by atoms with Gasteiger partial charge in [0.1, 0.15) is 11.6 Å². The van der Waals surface area contributed by atoms with Gasteiger partial charge in [0, 0.05) is 23.4 Å². The first-order valence-electron chi connectivity index (χ1n) is 6.36. The first kappa shape index (κ1) is 13.7. The second kappa shape index (κ2) is 5.61. The van der Waals surface area contributed by atoms with Crippen LogP contribution in [-0.4, -0.2) is 4.98 Å². The smallest absolute Gasteiger partial charge is 0.146 e. The molecule has 0 aliphatic rings. The molecule has 0 radical (unpaired) electrons. The van der Waals surface area contributed by atoms with Crippen molar-refractivity contribution in [2.45, 2.75) is 6.42 Å². The van der Waals surface area contributed by atoms with Crippen molar-refractivity contribution >= 4 is 17.0 Å². The number of nitrogens with zero attached hydrogens (tertiary/aromatic N) is 1. The fourth-order valence-corrected chi connectivity index (χ4v) is 2.86. The van der Waals surface area contributed by atoms with Gasteiger partial charge in [0.15, 0.2) is 0 Å². The fraction of sp³-hybridized carbons (Fsp3) is 0.0625. The second-order valence-electron chi connectivity index (χ2n) is 4.63. The van der Waals surface area contributed by atoms with Gasteiger partial charge in [0.25, 0.3) is 0 Å². The van der Waals surface area contributed by atoms with E-state index in [9.17, 15) is 8.78 Å². The highest BCUT2D eigenvalue weighted by atomic mass is 32.1. The Morgan fingerprint density at radius 1 is 1.05 bits per heavy atom. The number of nitrogen functional groups attached to an aromatic ring is 1. The van der Waals surface area contributed by atoms with E-state index in [0.717, 1.165) is 28.4 Å². The number of hydrogen-bond donors (Lipinski definition) is 1. The Kier molecular flexibility index (Phi) is 3.66. The second-order valence-corrected chi connectivity index (χ2v) is 5.58. The van der Waals surface area contributed by atoms with Gasteiger partial charge in [-0.1, -0.05) is 30.3 Å². The molecule has 3 rings (SSSR count). The average molecular weight is 302 g/mol. The summed E-state index contributed by atoms with van der Waals surface area (Å²) < 4.78 is 27.2. The minimum absolute atomic E-state index is 0.180. The zero-order chi connectivity index (χ0) is 14.8. The molecule has 2 nitrogen and oxygen atoms in total. The molecule has 21 heavy (non-hydrogen) atoms. The first-order chi connectivity index (χ1) is 10.1. The molecule has 2 N–H and O–H groups in total. The Balaban J connectivity index is 1.87. The Labute approximate surface area is 124 Å². The highest BCUT2D eigenvalue weighted by molar-refractivity contribution is 7.10. The molecule has 0 saturated heterocycles. The number of benzene rings is 2. The van der Waals surface area contributed by atoms with E-state index in [1.807, 2.05) is 35.7 Å². The lowest BCUT2D eigenvalue weighted by atomic mass is 10.1. The minimum Gasteiger partial charge on any atom is -0.396 e. The molecular weight excluding hydrogens is 290 g/mol. The molecule has 1 aromatic heterocycles. The third-order valence-electron chi connectivity index (χ3n) is 3.13. The highest BCUT2D eigenvalue weighted by Crippen LogP contribution is 2.25. The van der Waals surface area contributed by atoms with Gasteiger partial charge in [0.2, 0.25) is 0 Å². The van der Waals surface area contributed by atoms with Crippen molar-refractivity contribution < 1.29 is 8.78 Å². The molecule has 0 atom stereocenters. The average Bonchev–Trinajstić information content (AvgIpc) is 2.94. The van der Waals surface area contributed by atoms with Crippen LogP contribution in [0.2, 0.25) is 0 Å². The monoisotopic (exact) mass is 302 g/mol. The van der Waals surface area contributed by atoms with E-state index < -0.39 is 11.6 Å². The maximum Gasteiger partial charge on any atom is 0.146 e. The van der Waals surface area contributed by atoms with Gasteiger partial charge in [-0.3, -0.25) is 0 Å². The number of aromatic nitrogens is 1. The van der Waals surface area contributed by atoms with Crippen molar-refractivity contribution in [1.29, 1.82) is 0 Å². The van der Waals surface area contributed by atoms with E-state index in [0.29, 0.717) is 0 Å². The Morgan fingerprint density at radius 2 is 1.81 bits per heavy atom. The fourth-order valence-electron chi connectivity index (χ4n) is 2.04. The molecule has 0 amide bonds. The van der Waals surface area contributed by atoms with E-state index >= 15 is 0 Å². The van der Waals surface area contributed by atoms with Crippen molar-refractivity contribution in [1.82, 2.24) is 4.98 Å². The molecule has 5 heteroatoms. The number of hydrogen-bond acceptors (Lipinski definition) is 3. The normalized spacial score (nSPS) is 10.8. The summed E-state index contributed by atoms with van der Waals surface area (Å²) in [6, 6.07) is 11.9. The summed E-state index contributed by atoms with van der Waals surface area (Å²) >= 11 is 1.43. The summed E-state index contributed by atoms with van der Waals surface area (Å²) in [6.45, 7) is 0. The number of nitrogens with two attached hydrogens (primary N) is 1. The number of halogens is 2. The van der Waals surface area contributed by atoms with Crippen LogP contribution in [0.15, 0.2) is 47.8 Å². The molecular formula is C16H12F2N2S. The molecule has 0 aliphatic heterocycles. The summed E-state index contributed by atoms with van der Waals surface area (Å²) in [5.74, 6) is -1.11. The summed E-state index contributed by atoms with van der Waals surface area (Å²) in [5.41, 5.74) is 7.26. The van der Waals surface area contributed by atoms with Gasteiger partial charge in [-0.15, -0.1) is 11.3 Å². The molecule has 106 valence electrons. The quantitative estimate of drug-likeness (QED) is 0.734. The van der Waals surface area contributed by atoms with E-state index in [1.54, 1.807) is 0 Å². The van der Waals surface area contributed by atoms with E-state index in [-0.39, 0.29) is 17.7 Å². The van der Waals surface area contributed by atoms with Gasteiger partial charge >= 0.3 is 0 Å². The van der Waals surface area contributed by atoms with Crippen molar-refractivity contribution in [2.75, 3.05) is 5.73 Å². The first-order valence-corrected chi connectivity index (χ1v) is 7.24. The molecule has 2 aromatic carbocycles. The van der Waals surface area contributed by atoms with Gasteiger partial charge in [-0.05, 0) is 11.6 Å². The maximum atomic E-state index is 13.8. The Morgan fingerprint density at radius 3 is 2.57 bits per heavy atom. The molecule has 0 fully saturated rings. The summed E-state index contributed by atoms with van der Waals surface area (Å²) in [4.78, 5) is 4.47. The van der Waals surface area contributed by atoms with Crippen LogP contribution in [0.5, 0.6) is 0 Å². The largest absolute Gasteiger partial charge is 0.396 e. The predicted octanol–water partition coefficient (Wildman–Crippen LogP) is 4.26. The van der Waals surface area contributed by atoms with Crippen LogP contribution in [0.4, 0.5) is 14.5 Å². The van der Waals surface area contributed by atoms with E-state index in [4.69, 9.17) is 5.73 Å². The number of rotatable bonds is 3. The van der Waals surface area contributed by atoms with Crippen molar-refractivity contribution in [2.24, 2.45) is 0 Å². The number of thiazole rings is 1. The van der Waals surface area contributed by atoms with Crippen molar-refractivity contribution in [3.63, 3.8) is 0 Å². The van der Waals surface area contributed by atoms with Crippen molar-refractivity contribution in [3.05, 3.63) is 70.1 Å². The van der Waals surface area contributed by atoms with Crippen LogP contribution in [0.25, 0.3) is 11.3 Å². The zero-order valence-electron chi connectivity index (χ0n) is 11.0. The predicted molar refractivity (Wildman–Crippen MR) is 81.1 cm³/mol. The zero-order valence-corrected chi connectivity index (χ0v) is 11.8. The highest BCUT2D eigenvalue weighted by Gasteiger charge is 2.11. The van der Waals surface area contributed by atoms with Crippen LogP contribution < -0.4 is 5.73 Å². The van der Waals surface area contributed by atoms with Crippen LogP contribution in [0.3, 0.4) is 0 Å². The van der Waals surface area contributed by atoms with Gasteiger partial charge in [0.05, 0.1) is 16.4 Å². The Hall–Kier alpha value is -2.27. The lowest BCUT2D eigenvalue weighted by molar-refractivity contribution is 0.592.